The fraction of sp³-hybridized carbons (Fsp3) is 0.176. The highest BCUT2D eigenvalue weighted by Gasteiger charge is 2.14. The highest BCUT2D eigenvalue weighted by Crippen LogP contribution is 2.22. The molecule has 0 saturated heterocycles. The average molecular weight is 377 g/mol. The second-order valence-corrected chi connectivity index (χ2v) is 5.81. The van der Waals surface area contributed by atoms with Crippen LogP contribution in [0.1, 0.15) is 28.9 Å². The van der Waals surface area contributed by atoms with Gasteiger partial charge in [-0.05, 0) is 30.7 Å². The van der Waals surface area contributed by atoms with Gasteiger partial charge in [0.15, 0.2) is 6.61 Å². The Hall–Kier alpha value is -2.34. The van der Waals surface area contributed by atoms with Crippen LogP contribution >= 0.6 is 15.9 Å². The van der Waals surface area contributed by atoms with Gasteiger partial charge in [0.1, 0.15) is 5.75 Å². The van der Waals surface area contributed by atoms with E-state index in [-0.39, 0.29) is 24.1 Å². The summed E-state index contributed by atoms with van der Waals surface area (Å²) in [6.07, 6.45) is 0. The van der Waals surface area contributed by atoms with Gasteiger partial charge in [-0.2, -0.15) is 0 Å². The summed E-state index contributed by atoms with van der Waals surface area (Å²) in [7, 11) is 0. The summed E-state index contributed by atoms with van der Waals surface area (Å²) < 4.78 is 6.33. The molecule has 0 fully saturated rings. The molecule has 1 atom stereocenters. The lowest BCUT2D eigenvalue weighted by atomic mass is 10.1. The van der Waals surface area contributed by atoms with Crippen molar-refractivity contribution in [1.82, 2.24) is 5.32 Å². The number of rotatable bonds is 6. The first-order valence-corrected chi connectivity index (χ1v) is 7.83. The Labute approximate surface area is 143 Å². The van der Waals surface area contributed by atoms with Crippen LogP contribution in [-0.4, -0.2) is 18.4 Å². The summed E-state index contributed by atoms with van der Waals surface area (Å²) in [5, 5.41) is 2.85. The summed E-state index contributed by atoms with van der Waals surface area (Å²) in [5.41, 5.74) is 6.49. The molecule has 6 heteroatoms. The fourth-order valence-corrected chi connectivity index (χ4v) is 2.75. The summed E-state index contributed by atoms with van der Waals surface area (Å²) in [6.45, 7) is 1.69. The third kappa shape index (κ3) is 4.56. The summed E-state index contributed by atoms with van der Waals surface area (Å²) in [4.78, 5) is 23.3. The van der Waals surface area contributed by atoms with E-state index in [0.717, 1.165) is 10.0 Å². The van der Waals surface area contributed by atoms with Gasteiger partial charge in [-0.15, -0.1) is 0 Å². The third-order valence-corrected chi connectivity index (χ3v) is 3.98. The lowest BCUT2D eigenvalue weighted by molar-refractivity contribution is -0.123. The standard InChI is InChI=1S/C17H17BrN2O3/c1-11(12-6-2-4-8-14(12)18)20-16(21)10-23-15-9-5-3-7-13(15)17(19)22/h2-9,11H,10H2,1H3,(H2,19,22)(H,20,21). The molecule has 0 radical (unpaired) electrons. The van der Waals surface area contributed by atoms with Crippen LogP contribution in [0.25, 0.3) is 0 Å². The van der Waals surface area contributed by atoms with E-state index < -0.39 is 5.91 Å². The molecule has 0 aliphatic rings. The van der Waals surface area contributed by atoms with Crippen molar-refractivity contribution in [3.63, 3.8) is 0 Å². The lowest BCUT2D eigenvalue weighted by Crippen LogP contribution is -2.31. The summed E-state index contributed by atoms with van der Waals surface area (Å²) >= 11 is 3.45. The zero-order valence-corrected chi connectivity index (χ0v) is 14.2. The average Bonchev–Trinajstić information content (AvgIpc) is 2.53. The first-order chi connectivity index (χ1) is 11.0. The molecule has 5 nitrogen and oxygen atoms in total. The number of hydrogen-bond donors (Lipinski definition) is 2. The Kier molecular flexibility index (Phi) is 5.76. The number of para-hydroxylation sites is 1. The predicted molar refractivity (Wildman–Crippen MR) is 91.2 cm³/mol. The molecule has 120 valence electrons. The van der Waals surface area contributed by atoms with E-state index in [4.69, 9.17) is 10.5 Å². The van der Waals surface area contributed by atoms with E-state index >= 15 is 0 Å². The molecule has 0 saturated carbocycles. The minimum Gasteiger partial charge on any atom is -0.483 e. The molecule has 0 heterocycles. The van der Waals surface area contributed by atoms with Crippen molar-refractivity contribution in [3.8, 4) is 5.75 Å². The zero-order chi connectivity index (χ0) is 16.8. The molecule has 0 spiro atoms. The lowest BCUT2D eigenvalue weighted by Gasteiger charge is -2.16. The highest BCUT2D eigenvalue weighted by atomic mass is 79.9. The Morgan fingerprint density at radius 3 is 2.52 bits per heavy atom. The largest absolute Gasteiger partial charge is 0.483 e. The van der Waals surface area contributed by atoms with Gasteiger partial charge in [-0.3, -0.25) is 9.59 Å². The summed E-state index contributed by atoms with van der Waals surface area (Å²) in [6, 6.07) is 14.0. The number of amides is 2. The van der Waals surface area contributed by atoms with Crippen LogP contribution < -0.4 is 15.8 Å². The van der Waals surface area contributed by atoms with E-state index in [0.29, 0.717) is 5.75 Å². The second kappa shape index (κ2) is 7.78. The van der Waals surface area contributed by atoms with Gasteiger partial charge >= 0.3 is 0 Å². The topological polar surface area (TPSA) is 81.4 Å². The molecule has 0 aliphatic heterocycles. The van der Waals surface area contributed by atoms with Crippen LogP contribution in [0.2, 0.25) is 0 Å². The van der Waals surface area contributed by atoms with Gasteiger partial charge in [0.05, 0.1) is 11.6 Å². The predicted octanol–water partition coefficient (Wildman–Crippen LogP) is 2.80. The van der Waals surface area contributed by atoms with Crippen molar-refractivity contribution in [2.24, 2.45) is 5.73 Å². The normalized spacial score (nSPS) is 11.6. The smallest absolute Gasteiger partial charge is 0.258 e. The monoisotopic (exact) mass is 376 g/mol. The number of nitrogens with one attached hydrogen (secondary N) is 1. The van der Waals surface area contributed by atoms with Gasteiger partial charge < -0.3 is 15.8 Å². The number of hydrogen-bond acceptors (Lipinski definition) is 3. The van der Waals surface area contributed by atoms with Gasteiger partial charge in [-0.25, -0.2) is 0 Å². The number of carbonyl (C=O) groups is 2. The Morgan fingerprint density at radius 2 is 1.83 bits per heavy atom. The second-order valence-electron chi connectivity index (χ2n) is 4.96. The number of primary amides is 1. The van der Waals surface area contributed by atoms with Crippen molar-refractivity contribution in [3.05, 3.63) is 64.1 Å². The van der Waals surface area contributed by atoms with Crippen LogP contribution in [0.3, 0.4) is 0 Å². The Morgan fingerprint density at radius 1 is 1.17 bits per heavy atom. The van der Waals surface area contributed by atoms with Crippen molar-refractivity contribution in [1.29, 1.82) is 0 Å². The van der Waals surface area contributed by atoms with E-state index in [1.165, 1.54) is 0 Å². The number of carbonyl (C=O) groups excluding carboxylic acids is 2. The SMILES string of the molecule is CC(NC(=O)COc1ccccc1C(N)=O)c1ccccc1Br. The Bertz CT molecular complexity index is 718. The van der Waals surface area contributed by atoms with Gasteiger partial charge in [-0.1, -0.05) is 46.3 Å². The van der Waals surface area contributed by atoms with Gasteiger partial charge in [0, 0.05) is 4.47 Å². The molecule has 0 aliphatic carbocycles. The fourth-order valence-electron chi connectivity index (χ4n) is 2.13. The molecule has 2 amide bonds. The van der Waals surface area contributed by atoms with Crippen LogP contribution in [0.5, 0.6) is 5.75 Å². The zero-order valence-electron chi connectivity index (χ0n) is 12.6. The molecule has 3 N–H and O–H groups in total. The number of ether oxygens (including phenoxy) is 1. The molecule has 2 rings (SSSR count). The molecule has 2 aromatic rings. The van der Waals surface area contributed by atoms with Gasteiger partial charge in [0.2, 0.25) is 0 Å². The molecule has 2 aromatic carbocycles. The van der Waals surface area contributed by atoms with E-state index in [9.17, 15) is 9.59 Å². The first-order valence-electron chi connectivity index (χ1n) is 7.04. The van der Waals surface area contributed by atoms with Crippen molar-refractivity contribution < 1.29 is 14.3 Å². The van der Waals surface area contributed by atoms with E-state index in [2.05, 4.69) is 21.2 Å². The number of benzene rings is 2. The molecule has 23 heavy (non-hydrogen) atoms. The Balaban J connectivity index is 1.96. The van der Waals surface area contributed by atoms with E-state index in [1.807, 2.05) is 31.2 Å². The molecule has 1 unspecified atom stereocenters. The third-order valence-electron chi connectivity index (χ3n) is 3.26. The molecule has 0 bridgehead atoms. The van der Waals surface area contributed by atoms with E-state index in [1.54, 1.807) is 24.3 Å². The first kappa shape index (κ1) is 17.0. The summed E-state index contributed by atoms with van der Waals surface area (Å²) in [5.74, 6) is -0.584. The minimum atomic E-state index is -0.595. The quantitative estimate of drug-likeness (QED) is 0.812. The molecule has 0 aromatic heterocycles. The maximum atomic E-state index is 12.0. The van der Waals surface area contributed by atoms with Gasteiger partial charge in [0.25, 0.3) is 11.8 Å². The molecular weight excluding hydrogens is 360 g/mol. The number of nitrogens with two attached hydrogens (primary N) is 1. The maximum Gasteiger partial charge on any atom is 0.258 e. The maximum absolute atomic E-state index is 12.0. The number of halogens is 1. The molecular formula is C17H17BrN2O3. The van der Waals surface area contributed by atoms with Crippen LogP contribution in [0, 0.1) is 0 Å². The van der Waals surface area contributed by atoms with Crippen molar-refractivity contribution >= 4 is 27.7 Å². The van der Waals surface area contributed by atoms with Crippen molar-refractivity contribution in [2.75, 3.05) is 6.61 Å². The van der Waals surface area contributed by atoms with Crippen molar-refractivity contribution in [2.45, 2.75) is 13.0 Å². The van der Waals surface area contributed by atoms with Crippen LogP contribution in [-0.2, 0) is 4.79 Å². The highest BCUT2D eigenvalue weighted by molar-refractivity contribution is 9.10. The van der Waals surface area contributed by atoms with Crippen LogP contribution in [0.4, 0.5) is 0 Å². The minimum absolute atomic E-state index is 0.173. The van der Waals surface area contributed by atoms with Crippen LogP contribution in [0.15, 0.2) is 53.0 Å².